The van der Waals surface area contributed by atoms with E-state index in [-0.39, 0.29) is 6.42 Å². The fourth-order valence-corrected chi connectivity index (χ4v) is 1.41. The summed E-state index contributed by atoms with van der Waals surface area (Å²) in [6.07, 6.45) is -0.224. The minimum Gasteiger partial charge on any atom is -0.494 e. The van der Waals surface area contributed by atoms with Crippen molar-refractivity contribution in [2.45, 2.75) is 19.4 Å². The average molecular weight is 235 g/mol. The Hall–Kier alpha value is -2.20. The van der Waals surface area contributed by atoms with E-state index in [9.17, 15) is 4.79 Å². The van der Waals surface area contributed by atoms with Crippen molar-refractivity contribution < 1.29 is 14.6 Å². The minimum atomic E-state index is -1.00. The Bertz CT molecular complexity index is 424. The van der Waals surface area contributed by atoms with E-state index < -0.39 is 12.0 Å². The van der Waals surface area contributed by atoms with E-state index >= 15 is 0 Å². The zero-order chi connectivity index (χ0) is 12.7. The van der Waals surface area contributed by atoms with Crippen LogP contribution in [-0.2, 0) is 4.79 Å². The van der Waals surface area contributed by atoms with Crippen LogP contribution in [0.4, 0.5) is 0 Å². The summed E-state index contributed by atoms with van der Waals surface area (Å²) in [5, 5.41) is 12.2. The van der Waals surface area contributed by atoms with Crippen LogP contribution >= 0.6 is 0 Å². The van der Waals surface area contributed by atoms with Crippen molar-refractivity contribution in [2.75, 3.05) is 6.61 Å². The van der Waals surface area contributed by atoms with E-state index in [0.29, 0.717) is 17.9 Å². The molecule has 1 unspecified atom stereocenters. The molecular formula is C11H13N3O3. The van der Waals surface area contributed by atoms with E-state index in [1.807, 2.05) is 6.92 Å². The van der Waals surface area contributed by atoms with Crippen LogP contribution in [0.1, 0.15) is 24.9 Å². The first-order valence-corrected chi connectivity index (χ1v) is 5.16. The van der Waals surface area contributed by atoms with Crippen LogP contribution in [0.5, 0.6) is 5.75 Å². The van der Waals surface area contributed by atoms with Crippen LogP contribution in [0, 0.1) is 0 Å². The number of ether oxygens (including phenoxy) is 1. The van der Waals surface area contributed by atoms with Crippen molar-refractivity contribution in [3.8, 4) is 5.75 Å². The maximum absolute atomic E-state index is 10.6. The van der Waals surface area contributed by atoms with Crippen LogP contribution in [0.15, 0.2) is 29.4 Å². The van der Waals surface area contributed by atoms with E-state index in [0.717, 1.165) is 0 Å². The Labute approximate surface area is 98.5 Å². The quantitative estimate of drug-likeness (QED) is 0.466. The Balaban J connectivity index is 2.86. The predicted molar refractivity (Wildman–Crippen MR) is 61.8 cm³/mol. The third-order valence-electron chi connectivity index (χ3n) is 2.13. The zero-order valence-corrected chi connectivity index (χ0v) is 9.41. The fraction of sp³-hybridized carbons (Fsp3) is 0.364. The van der Waals surface area contributed by atoms with Crippen molar-refractivity contribution in [2.24, 2.45) is 5.11 Å². The number of nitrogens with zero attached hydrogens (tertiary/aromatic N) is 3. The highest BCUT2D eigenvalue weighted by molar-refractivity contribution is 5.68. The lowest BCUT2D eigenvalue weighted by molar-refractivity contribution is -0.137. The molecular weight excluding hydrogens is 222 g/mol. The highest BCUT2D eigenvalue weighted by Gasteiger charge is 2.13. The molecule has 0 bridgehead atoms. The smallest absolute Gasteiger partial charge is 0.304 e. The van der Waals surface area contributed by atoms with E-state index in [4.69, 9.17) is 15.4 Å². The number of hydrogen-bond donors (Lipinski definition) is 1. The van der Waals surface area contributed by atoms with Crippen LogP contribution in [-0.4, -0.2) is 17.7 Å². The first-order chi connectivity index (χ1) is 8.17. The van der Waals surface area contributed by atoms with Crippen molar-refractivity contribution in [1.82, 2.24) is 0 Å². The lowest BCUT2D eigenvalue weighted by atomic mass is 10.0. The number of azide groups is 1. The van der Waals surface area contributed by atoms with E-state index in [1.54, 1.807) is 24.3 Å². The van der Waals surface area contributed by atoms with Gasteiger partial charge in [-0.2, -0.15) is 0 Å². The second-order valence-corrected chi connectivity index (χ2v) is 3.32. The second kappa shape index (κ2) is 6.40. The Morgan fingerprint density at radius 2 is 2.18 bits per heavy atom. The van der Waals surface area contributed by atoms with Crippen molar-refractivity contribution in [3.05, 3.63) is 40.3 Å². The molecule has 0 saturated heterocycles. The van der Waals surface area contributed by atoms with Gasteiger partial charge in [0.25, 0.3) is 0 Å². The second-order valence-electron chi connectivity index (χ2n) is 3.32. The summed E-state index contributed by atoms with van der Waals surface area (Å²) in [5.41, 5.74) is 9.05. The van der Waals surface area contributed by atoms with Gasteiger partial charge < -0.3 is 9.84 Å². The van der Waals surface area contributed by atoms with Gasteiger partial charge in [-0.1, -0.05) is 17.2 Å². The van der Waals surface area contributed by atoms with E-state index in [1.165, 1.54) is 0 Å². The maximum atomic E-state index is 10.6. The van der Waals surface area contributed by atoms with Crippen LogP contribution < -0.4 is 4.74 Å². The zero-order valence-electron chi connectivity index (χ0n) is 9.41. The number of benzene rings is 1. The van der Waals surface area contributed by atoms with Gasteiger partial charge in [0.15, 0.2) is 0 Å². The highest BCUT2D eigenvalue weighted by Crippen LogP contribution is 2.23. The molecule has 1 aromatic carbocycles. The molecule has 1 rings (SSSR count). The van der Waals surface area contributed by atoms with Gasteiger partial charge in [0.05, 0.1) is 19.1 Å². The number of carboxylic acids is 1. The number of aliphatic carboxylic acids is 1. The predicted octanol–water partition coefficient (Wildman–Crippen LogP) is 2.91. The standard InChI is InChI=1S/C11H13N3O3/c1-2-17-9-5-3-8(4-6-9)10(13-14-12)7-11(15)16/h3-6,10H,2,7H2,1H3,(H,15,16). The monoisotopic (exact) mass is 235 g/mol. The summed E-state index contributed by atoms with van der Waals surface area (Å²) in [5.74, 6) is -0.303. The molecule has 90 valence electrons. The minimum absolute atomic E-state index is 0.224. The molecule has 1 N–H and O–H groups in total. The Kier molecular flexibility index (Phi) is 4.84. The molecule has 0 aliphatic rings. The number of hydrogen-bond acceptors (Lipinski definition) is 3. The number of carboxylic acid groups (broad SMARTS) is 1. The highest BCUT2D eigenvalue weighted by atomic mass is 16.5. The molecule has 1 aromatic rings. The molecule has 0 spiro atoms. The van der Waals surface area contributed by atoms with Gasteiger partial charge in [-0.25, -0.2) is 0 Å². The molecule has 0 aliphatic heterocycles. The SMILES string of the molecule is CCOc1ccc(C(CC(=O)O)N=[N+]=[N-])cc1. The summed E-state index contributed by atoms with van der Waals surface area (Å²) in [7, 11) is 0. The topological polar surface area (TPSA) is 95.3 Å². The molecule has 0 heterocycles. The Morgan fingerprint density at radius 3 is 2.65 bits per heavy atom. The third-order valence-corrected chi connectivity index (χ3v) is 2.13. The van der Waals surface area contributed by atoms with Gasteiger partial charge in [-0.15, -0.1) is 0 Å². The molecule has 0 radical (unpaired) electrons. The summed E-state index contributed by atoms with van der Waals surface area (Å²) < 4.78 is 5.26. The van der Waals surface area contributed by atoms with Gasteiger partial charge >= 0.3 is 5.97 Å². The molecule has 1 atom stereocenters. The molecule has 6 nitrogen and oxygen atoms in total. The fourth-order valence-electron chi connectivity index (χ4n) is 1.41. The van der Waals surface area contributed by atoms with Gasteiger partial charge in [0, 0.05) is 4.91 Å². The summed E-state index contributed by atoms with van der Waals surface area (Å²) in [4.78, 5) is 13.3. The van der Waals surface area contributed by atoms with Crippen LogP contribution in [0.3, 0.4) is 0 Å². The molecule has 0 saturated carbocycles. The Morgan fingerprint density at radius 1 is 1.53 bits per heavy atom. The van der Waals surface area contributed by atoms with Crippen LogP contribution in [0.25, 0.3) is 10.4 Å². The largest absolute Gasteiger partial charge is 0.494 e. The summed E-state index contributed by atoms with van der Waals surface area (Å²) >= 11 is 0. The van der Waals surface area contributed by atoms with E-state index in [2.05, 4.69) is 10.0 Å². The van der Waals surface area contributed by atoms with Crippen molar-refractivity contribution in [1.29, 1.82) is 0 Å². The third kappa shape index (κ3) is 4.04. The van der Waals surface area contributed by atoms with Crippen LogP contribution in [0.2, 0.25) is 0 Å². The molecule has 0 fully saturated rings. The maximum Gasteiger partial charge on any atom is 0.304 e. The number of carbonyl (C=O) groups is 1. The summed E-state index contributed by atoms with van der Waals surface area (Å²) in [6.45, 7) is 2.44. The molecule has 0 aliphatic carbocycles. The van der Waals surface area contributed by atoms with Gasteiger partial charge in [0.2, 0.25) is 0 Å². The average Bonchev–Trinajstić information content (AvgIpc) is 2.29. The van der Waals surface area contributed by atoms with Crippen molar-refractivity contribution >= 4 is 5.97 Å². The first-order valence-electron chi connectivity index (χ1n) is 5.16. The molecule has 0 amide bonds. The summed E-state index contributed by atoms with van der Waals surface area (Å²) in [6, 6.07) is 6.16. The molecule has 0 aromatic heterocycles. The lowest BCUT2D eigenvalue weighted by Gasteiger charge is -2.09. The number of rotatable bonds is 6. The van der Waals surface area contributed by atoms with Crippen molar-refractivity contribution in [3.63, 3.8) is 0 Å². The molecule has 6 heteroatoms. The molecule has 17 heavy (non-hydrogen) atoms. The first kappa shape index (κ1) is 12.9. The lowest BCUT2D eigenvalue weighted by Crippen LogP contribution is -2.03. The van der Waals surface area contributed by atoms with Gasteiger partial charge in [-0.05, 0) is 30.2 Å². The van der Waals surface area contributed by atoms with Gasteiger partial charge in [-0.3, -0.25) is 4.79 Å². The normalized spacial score (nSPS) is 11.4. The van der Waals surface area contributed by atoms with Gasteiger partial charge in [0.1, 0.15) is 5.75 Å².